The van der Waals surface area contributed by atoms with E-state index in [2.05, 4.69) is 16.8 Å². The summed E-state index contributed by atoms with van der Waals surface area (Å²) in [5, 5.41) is 3.61. The molecule has 1 unspecified atom stereocenters. The van der Waals surface area contributed by atoms with Gasteiger partial charge in [0.15, 0.2) is 0 Å². The Balaban J connectivity index is 1.76. The van der Waals surface area contributed by atoms with Crippen molar-refractivity contribution in [2.24, 2.45) is 0 Å². The molecular formula is C12H22N2. The summed E-state index contributed by atoms with van der Waals surface area (Å²) >= 11 is 0. The molecule has 0 aromatic rings. The van der Waals surface area contributed by atoms with Gasteiger partial charge >= 0.3 is 0 Å². The van der Waals surface area contributed by atoms with Crippen molar-refractivity contribution >= 4 is 0 Å². The van der Waals surface area contributed by atoms with Crippen LogP contribution in [0.2, 0.25) is 0 Å². The van der Waals surface area contributed by atoms with Gasteiger partial charge in [-0.2, -0.15) is 0 Å². The van der Waals surface area contributed by atoms with Crippen molar-refractivity contribution in [1.82, 2.24) is 10.2 Å². The largest absolute Gasteiger partial charge is 0.313 e. The monoisotopic (exact) mass is 194 g/mol. The molecule has 14 heavy (non-hydrogen) atoms. The third-order valence-electron chi connectivity index (χ3n) is 3.29. The third kappa shape index (κ3) is 2.82. The Labute approximate surface area is 87.4 Å². The van der Waals surface area contributed by atoms with Crippen molar-refractivity contribution in [3.8, 4) is 0 Å². The van der Waals surface area contributed by atoms with E-state index >= 15 is 0 Å². The highest BCUT2D eigenvalue weighted by molar-refractivity contribution is 4.90. The maximum Gasteiger partial charge on any atom is 0.0195 e. The zero-order chi connectivity index (χ0) is 9.80. The molecule has 2 nitrogen and oxygen atoms in total. The smallest absolute Gasteiger partial charge is 0.0195 e. The van der Waals surface area contributed by atoms with E-state index in [0.717, 1.165) is 18.6 Å². The first kappa shape index (κ1) is 10.2. The number of rotatable bonds is 5. The van der Waals surface area contributed by atoms with Crippen molar-refractivity contribution < 1.29 is 0 Å². The van der Waals surface area contributed by atoms with E-state index in [4.69, 9.17) is 0 Å². The summed E-state index contributed by atoms with van der Waals surface area (Å²) in [5.41, 5.74) is 0. The molecule has 2 heteroatoms. The van der Waals surface area contributed by atoms with Gasteiger partial charge in [-0.05, 0) is 32.2 Å². The SMILES string of the molecule is C=CCN(CC1CCCCN1)C1CC1. The van der Waals surface area contributed by atoms with Crippen molar-refractivity contribution in [2.75, 3.05) is 19.6 Å². The molecule has 1 aliphatic heterocycles. The summed E-state index contributed by atoms with van der Waals surface area (Å²) in [6, 6.07) is 1.61. The first-order chi connectivity index (χ1) is 6.90. The summed E-state index contributed by atoms with van der Waals surface area (Å²) < 4.78 is 0. The second-order valence-corrected chi connectivity index (χ2v) is 4.62. The van der Waals surface area contributed by atoms with E-state index in [9.17, 15) is 0 Å². The summed E-state index contributed by atoms with van der Waals surface area (Å²) in [6.45, 7) is 7.37. The number of hydrogen-bond acceptors (Lipinski definition) is 2. The van der Waals surface area contributed by atoms with E-state index in [1.165, 1.54) is 45.2 Å². The molecule has 2 fully saturated rings. The molecule has 1 atom stereocenters. The fourth-order valence-electron chi connectivity index (χ4n) is 2.34. The summed E-state index contributed by atoms with van der Waals surface area (Å²) in [6.07, 6.45) is 8.98. The Kier molecular flexibility index (Phi) is 3.60. The molecule has 1 N–H and O–H groups in total. The Hall–Kier alpha value is -0.340. The molecule has 80 valence electrons. The van der Waals surface area contributed by atoms with Crippen LogP contribution in [0.5, 0.6) is 0 Å². The second-order valence-electron chi connectivity index (χ2n) is 4.62. The van der Waals surface area contributed by atoms with Gasteiger partial charge in [0.25, 0.3) is 0 Å². The van der Waals surface area contributed by atoms with E-state index in [1.807, 2.05) is 6.08 Å². The first-order valence-corrected chi connectivity index (χ1v) is 5.98. The molecule has 0 amide bonds. The third-order valence-corrected chi connectivity index (χ3v) is 3.29. The highest BCUT2D eigenvalue weighted by Gasteiger charge is 2.29. The number of hydrogen-bond donors (Lipinski definition) is 1. The highest BCUT2D eigenvalue weighted by atomic mass is 15.2. The van der Waals surface area contributed by atoms with Crippen LogP contribution in [0.3, 0.4) is 0 Å². The van der Waals surface area contributed by atoms with Crippen LogP contribution in [-0.2, 0) is 0 Å². The standard InChI is InChI=1S/C12H22N2/c1-2-9-14(12-6-7-12)10-11-5-3-4-8-13-11/h2,11-13H,1,3-10H2. The molecule has 2 aliphatic rings. The summed E-state index contributed by atoms with van der Waals surface area (Å²) in [5.74, 6) is 0. The lowest BCUT2D eigenvalue weighted by atomic mass is 10.0. The van der Waals surface area contributed by atoms with Gasteiger partial charge in [0.1, 0.15) is 0 Å². The molecule has 2 rings (SSSR count). The van der Waals surface area contributed by atoms with Crippen molar-refractivity contribution in [1.29, 1.82) is 0 Å². The Bertz CT molecular complexity index is 181. The van der Waals surface area contributed by atoms with E-state index in [0.29, 0.717) is 0 Å². The van der Waals surface area contributed by atoms with Crippen molar-refractivity contribution in [2.45, 2.75) is 44.2 Å². The van der Waals surface area contributed by atoms with Gasteiger partial charge in [-0.3, -0.25) is 4.90 Å². The van der Waals surface area contributed by atoms with Crippen LogP contribution in [0.25, 0.3) is 0 Å². The van der Waals surface area contributed by atoms with E-state index in [1.54, 1.807) is 0 Å². The minimum Gasteiger partial charge on any atom is -0.313 e. The van der Waals surface area contributed by atoms with Gasteiger partial charge in [-0.25, -0.2) is 0 Å². The molecule has 1 saturated heterocycles. The zero-order valence-corrected chi connectivity index (χ0v) is 9.04. The number of nitrogens with zero attached hydrogens (tertiary/aromatic N) is 1. The first-order valence-electron chi connectivity index (χ1n) is 5.98. The van der Waals surface area contributed by atoms with Crippen LogP contribution in [0.1, 0.15) is 32.1 Å². The summed E-state index contributed by atoms with van der Waals surface area (Å²) in [4.78, 5) is 2.59. The van der Waals surface area contributed by atoms with Gasteiger partial charge in [0, 0.05) is 25.2 Å². The van der Waals surface area contributed by atoms with E-state index in [-0.39, 0.29) is 0 Å². The second kappa shape index (κ2) is 4.94. The van der Waals surface area contributed by atoms with Crippen LogP contribution in [0.15, 0.2) is 12.7 Å². The van der Waals surface area contributed by atoms with Crippen molar-refractivity contribution in [3.05, 3.63) is 12.7 Å². The lowest BCUT2D eigenvalue weighted by Gasteiger charge is -2.29. The van der Waals surface area contributed by atoms with Crippen molar-refractivity contribution in [3.63, 3.8) is 0 Å². The lowest BCUT2D eigenvalue weighted by molar-refractivity contribution is 0.234. The molecule has 1 heterocycles. The predicted octanol–water partition coefficient (Wildman–Crippen LogP) is 1.78. The van der Waals surface area contributed by atoms with E-state index < -0.39 is 0 Å². The van der Waals surface area contributed by atoms with Crippen LogP contribution in [0.4, 0.5) is 0 Å². The fourth-order valence-corrected chi connectivity index (χ4v) is 2.34. The van der Waals surface area contributed by atoms with Gasteiger partial charge in [0.05, 0.1) is 0 Å². The Morgan fingerprint density at radius 3 is 2.71 bits per heavy atom. The Morgan fingerprint density at radius 2 is 2.14 bits per heavy atom. The molecule has 0 spiro atoms. The maximum atomic E-state index is 3.84. The zero-order valence-electron chi connectivity index (χ0n) is 9.04. The quantitative estimate of drug-likeness (QED) is 0.671. The molecule has 1 saturated carbocycles. The lowest BCUT2D eigenvalue weighted by Crippen LogP contribution is -2.44. The van der Waals surface area contributed by atoms with Gasteiger partial charge in [-0.15, -0.1) is 6.58 Å². The minimum absolute atomic E-state index is 0.740. The molecular weight excluding hydrogens is 172 g/mol. The average Bonchev–Trinajstić information content (AvgIpc) is 3.02. The van der Waals surface area contributed by atoms with Gasteiger partial charge < -0.3 is 5.32 Å². The fraction of sp³-hybridized carbons (Fsp3) is 0.833. The topological polar surface area (TPSA) is 15.3 Å². The van der Waals surface area contributed by atoms with Gasteiger partial charge in [-0.1, -0.05) is 12.5 Å². The van der Waals surface area contributed by atoms with Crippen LogP contribution in [0, 0.1) is 0 Å². The molecule has 0 bridgehead atoms. The molecule has 0 aromatic heterocycles. The van der Waals surface area contributed by atoms with Crippen LogP contribution < -0.4 is 5.32 Å². The molecule has 0 aromatic carbocycles. The summed E-state index contributed by atoms with van der Waals surface area (Å²) in [7, 11) is 0. The normalized spacial score (nSPS) is 27.9. The highest BCUT2D eigenvalue weighted by Crippen LogP contribution is 2.27. The maximum absolute atomic E-state index is 3.84. The van der Waals surface area contributed by atoms with Crippen LogP contribution in [-0.4, -0.2) is 36.6 Å². The molecule has 1 aliphatic carbocycles. The Morgan fingerprint density at radius 1 is 1.29 bits per heavy atom. The van der Waals surface area contributed by atoms with Gasteiger partial charge in [0.2, 0.25) is 0 Å². The minimum atomic E-state index is 0.740. The predicted molar refractivity (Wildman–Crippen MR) is 60.4 cm³/mol. The number of piperidine rings is 1. The van der Waals surface area contributed by atoms with Crippen LogP contribution >= 0.6 is 0 Å². The average molecular weight is 194 g/mol. The number of nitrogens with one attached hydrogen (secondary N) is 1. The molecule has 0 radical (unpaired) electrons.